The lowest BCUT2D eigenvalue weighted by Crippen LogP contribution is -2.41. The lowest BCUT2D eigenvalue weighted by atomic mass is 10.1. The lowest BCUT2D eigenvalue weighted by Gasteiger charge is -2.25. The highest BCUT2D eigenvalue weighted by Crippen LogP contribution is 2.18. The first-order valence-corrected chi connectivity index (χ1v) is 9.81. The van der Waals surface area contributed by atoms with Crippen molar-refractivity contribution in [3.05, 3.63) is 47.2 Å². The summed E-state index contributed by atoms with van der Waals surface area (Å²) in [5.41, 5.74) is 1.15. The second-order valence-electron chi connectivity index (χ2n) is 6.85. The van der Waals surface area contributed by atoms with Gasteiger partial charge in [-0.1, -0.05) is 17.7 Å². The topological polar surface area (TPSA) is 57.9 Å². The van der Waals surface area contributed by atoms with Crippen LogP contribution in [0.25, 0.3) is 0 Å². The third kappa shape index (κ3) is 6.73. The highest BCUT2D eigenvalue weighted by molar-refractivity contribution is 6.30. The molecule has 0 aliphatic carbocycles. The third-order valence-electron chi connectivity index (χ3n) is 4.33. The molecule has 0 aliphatic rings. The minimum absolute atomic E-state index is 0.165. The normalized spacial score (nSPS) is 12.9. The molecule has 0 saturated heterocycles. The second-order valence-corrected chi connectivity index (χ2v) is 7.29. The first-order chi connectivity index (χ1) is 13.4. The van der Waals surface area contributed by atoms with E-state index in [1.54, 1.807) is 0 Å². The van der Waals surface area contributed by atoms with Crippen LogP contribution < -0.4 is 10.1 Å². The summed E-state index contributed by atoms with van der Waals surface area (Å²) in [5.74, 6) is 1.63. The minimum Gasteiger partial charge on any atom is -0.492 e. The van der Waals surface area contributed by atoms with Crippen LogP contribution in [0.5, 0.6) is 5.75 Å². The Morgan fingerprint density at radius 2 is 2.14 bits per heavy atom. The molecule has 8 heteroatoms. The van der Waals surface area contributed by atoms with Gasteiger partial charge in [0, 0.05) is 37.4 Å². The molecule has 0 bridgehead atoms. The van der Waals surface area contributed by atoms with Crippen LogP contribution in [0.15, 0.2) is 41.7 Å². The Morgan fingerprint density at radius 3 is 2.75 bits per heavy atom. The zero-order valence-corrected chi connectivity index (χ0v) is 18.1. The fourth-order valence-corrected chi connectivity index (χ4v) is 2.97. The molecule has 1 N–H and O–H groups in total. The Balaban J connectivity index is 1.97. The SMILES string of the molecule is CCNC(=NCC(c1cnn(C)c1)N(C)C)N(C)CCOc1cccc(Cl)c1. The van der Waals surface area contributed by atoms with Crippen molar-refractivity contribution in [2.75, 3.05) is 47.4 Å². The molecule has 0 spiro atoms. The van der Waals surface area contributed by atoms with Crippen LogP contribution in [0.4, 0.5) is 0 Å². The number of nitrogens with one attached hydrogen (secondary N) is 1. The van der Waals surface area contributed by atoms with Crippen molar-refractivity contribution in [2.24, 2.45) is 12.0 Å². The van der Waals surface area contributed by atoms with Crippen LogP contribution in [0.3, 0.4) is 0 Å². The number of aryl methyl sites for hydroxylation is 1. The van der Waals surface area contributed by atoms with Crippen LogP contribution in [0, 0.1) is 0 Å². The third-order valence-corrected chi connectivity index (χ3v) is 4.57. The molecule has 2 aromatic rings. The first kappa shape index (κ1) is 22.0. The van der Waals surface area contributed by atoms with E-state index >= 15 is 0 Å². The molecule has 7 nitrogen and oxygen atoms in total. The van der Waals surface area contributed by atoms with Crippen LogP contribution in [0.1, 0.15) is 18.5 Å². The molecule has 1 atom stereocenters. The van der Waals surface area contributed by atoms with E-state index in [0.29, 0.717) is 24.7 Å². The van der Waals surface area contributed by atoms with Gasteiger partial charge >= 0.3 is 0 Å². The maximum atomic E-state index is 6.00. The van der Waals surface area contributed by atoms with Gasteiger partial charge in [0.15, 0.2) is 5.96 Å². The summed E-state index contributed by atoms with van der Waals surface area (Å²) in [4.78, 5) is 9.07. The molecule has 0 saturated carbocycles. The smallest absolute Gasteiger partial charge is 0.193 e. The van der Waals surface area contributed by atoms with Crippen LogP contribution in [-0.4, -0.2) is 72.9 Å². The molecule has 154 valence electrons. The number of aliphatic imine (C=N–C) groups is 1. The number of nitrogens with zero attached hydrogens (tertiary/aromatic N) is 5. The van der Waals surface area contributed by atoms with E-state index in [1.165, 1.54) is 0 Å². The molecule has 1 unspecified atom stereocenters. The predicted molar refractivity (Wildman–Crippen MR) is 115 cm³/mol. The molecule has 1 aromatic heterocycles. The number of ether oxygens (including phenoxy) is 1. The Labute approximate surface area is 172 Å². The van der Waals surface area contributed by atoms with Crippen LogP contribution in [0.2, 0.25) is 5.02 Å². The number of guanidine groups is 1. The van der Waals surface area contributed by atoms with E-state index in [1.807, 2.05) is 55.4 Å². The molecule has 0 aliphatic heterocycles. The van der Waals surface area contributed by atoms with Gasteiger partial charge in [0.2, 0.25) is 0 Å². The first-order valence-electron chi connectivity index (χ1n) is 9.43. The van der Waals surface area contributed by atoms with Crippen molar-refractivity contribution < 1.29 is 4.74 Å². The van der Waals surface area contributed by atoms with E-state index in [2.05, 4.69) is 41.2 Å². The van der Waals surface area contributed by atoms with Gasteiger partial charge < -0.3 is 19.9 Å². The minimum atomic E-state index is 0.165. The average molecular weight is 407 g/mol. The highest BCUT2D eigenvalue weighted by Gasteiger charge is 2.16. The summed E-state index contributed by atoms with van der Waals surface area (Å²) in [6, 6.07) is 7.60. The Kier molecular flexibility index (Phi) is 8.60. The van der Waals surface area contributed by atoms with Crippen molar-refractivity contribution in [2.45, 2.75) is 13.0 Å². The van der Waals surface area contributed by atoms with Crippen molar-refractivity contribution >= 4 is 17.6 Å². The maximum absolute atomic E-state index is 6.00. The molecule has 1 aromatic carbocycles. The van der Waals surface area contributed by atoms with Crippen LogP contribution >= 0.6 is 11.6 Å². The molecule has 0 radical (unpaired) electrons. The van der Waals surface area contributed by atoms with Crippen molar-refractivity contribution in [1.29, 1.82) is 0 Å². The standard InChI is InChI=1S/C20H31ClN6O/c1-6-22-20(23-14-19(25(2)3)16-13-24-27(5)15-16)26(4)10-11-28-18-9-7-8-17(21)12-18/h7-9,12-13,15,19H,6,10-11,14H2,1-5H3,(H,22,23). The Bertz CT molecular complexity index is 761. The summed E-state index contributed by atoms with van der Waals surface area (Å²) in [7, 11) is 8.06. The predicted octanol–water partition coefficient (Wildman–Crippen LogP) is 2.65. The van der Waals surface area contributed by atoms with E-state index in [4.69, 9.17) is 21.3 Å². The number of likely N-dealkylation sites (N-methyl/N-ethyl adjacent to an activating group) is 2. The van der Waals surface area contributed by atoms with Crippen molar-refractivity contribution in [3.8, 4) is 5.75 Å². The van der Waals surface area contributed by atoms with Gasteiger partial charge in [-0.25, -0.2) is 0 Å². The lowest BCUT2D eigenvalue weighted by molar-refractivity contribution is 0.279. The van der Waals surface area contributed by atoms with Crippen molar-refractivity contribution in [3.63, 3.8) is 0 Å². The van der Waals surface area contributed by atoms with E-state index in [-0.39, 0.29) is 6.04 Å². The van der Waals surface area contributed by atoms with Gasteiger partial charge in [0.1, 0.15) is 12.4 Å². The number of benzene rings is 1. The fourth-order valence-electron chi connectivity index (χ4n) is 2.78. The highest BCUT2D eigenvalue weighted by atomic mass is 35.5. The summed E-state index contributed by atoms with van der Waals surface area (Å²) in [6.45, 7) is 4.76. The van der Waals surface area contributed by atoms with E-state index < -0.39 is 0 Å². The monoisotopic (exact) mass is 406 g/mol. The number of hydrogen-bond acceptors (Lipinski definition) is 4. The Hall–Kier alpha value is -2.25. The van der Waals surface area contributed by atoms with Gasteiger partial charge in [0.05, 0.1) is 25.3 Å². The molecule has 0 amide bonds. The van der Waals surface area contributed by atoms with E-state index in [9.17, 15) is 0 Å². The van der Waals surface area contributed by atoms with Gasteiger partial charge in [-0.15, -0.1) is 0 Å². The number of halogens is 1. The molecular weight excluding hydrogens is 376 g/mol. The maximum Gasteiger partial charge on any atom is 0.193 e. The molecule has 1 heterocycles. The molecule has 28 heavy (non-hydrogen) atoms. The number of rotatable bonds is 9. The van der Waals surface area contributed by atoms with E-state index in [0.717, 1.165) is 23.8 Å². The van der Waals surface area contributed by atoms with Crippen molar-refractivity contribution in [1.82, 2.24) is 24.9 Å². The van der Waals surface area contributed by atoms with Gasteiger partial charge in [-0.2, -0.15) is 5.10 Å². The molecular formula is C20H31ClN6O. The molecule has 2 rings (SSSR count). The quantitative estimate of drug-likeness (QED) is 0.512. The summed E-state index contributed by atoms with van der Waals surface area (Å²) < 4.78 is 7.61. The zero-order valence-electron chi connectivity index (χ0n) is 17.4. The van der Waals surface area contributed by atoms with Crippen LogP contribution in [-0.2, 0) is 7.05 Å². The van der Waals surface area contributed by atoms with Gasteiger partial charge in [0.25, 0.3) is 0 Å². The number of hydrogen-bond donors (Lipinski definition) is 1. The summed E-state index contributed by atoms with van der Waals surface area (Å²) in [5, 5.41) is 8.31. The average Bonchev–Trinajstić information content (AvgIpc) is 3.06. The zero-order chi connectivity index (χ0) is 20.5. The van der Waals surface area contributed by atoms with Gasteiger partial charge in [-0.05, 0) is 39.2 Å². The fraction of sp³-hybridized carbons (Fsp3) is 0.500. The summed E-state index contributed by atoms with van der Waals surface area (Å²) >= 11 is 6.00. The largest absolute Gasteiger partial charge is 0.492 e. The Morgan fingerprint density at radius 1 is 1.36 bits per heavy atom. The van der Waals surface area contributed by atoms with Gasteiger partial charge in [-0.3, -0.25) is 9.67 Å². The summed E-state index contributed by atoms with van der Waals surface area (Å²) in [6.07, 6.45) is 3.94. The second kappa shape index (κ2) is 10.9. The molecule has 0 fully saturated rings. The number of aromatic nitrogens is 2.